The SMILES string of the molecule is C=CCN(Cc1ccc(Cl)s1)CC1CCNCC1.Cl. The molecule has 1 aliphatic heterocycles. The van der Waals surface area contributed by atoms with Crippen LogP contribution in [-0.4, -0.2) is 31.1 Å². The van der Waals surface area contributed by atoms with Crippen molar-refractivity contribution in [3.63, 3.8) is 0 Å². The highest BCUT2D eigenvalue weighted by molar-refractivity contribution is 7.16. The second-order valence-electron chi connectivity index (χ2n) is 4.88. The van der Waals surface area contributed by atoms with Gasteiger partial charge in [0, 0.05) is 24.5 Å². The minimum atomic E-state index is 0. The molecular weight excluding hydrogens is 299 g/mol. The van der Waals surface area contributed by atoms with Crippen molar-refractivity contribution in [3.8, 4) is 0 Å². The first-order chi connectivity index (χ1) is 8.78. The number of rotatable bonds is 6. The molecule has 2 nitrogen and oxygen atoms in total. The van der Waals surface area contributed by atoms with Crippen molar-refractivity contribution in [1.29, 1.82) is 0 Å². The Hall–Kier alpha value is -0.0600. The third-order valence-electron chi connectivity index (χ3n) is 3.37. The van der Waals surface area contributed by atoms with Gasteiger partial charge >= 0.3 is 0 Å². The Morgan fingerprint density at radius 3 is 2.74 bits per heavy atom. The number of nitrogens with zero attached hydrogens (tertiary/aromatic N) is 1. The summed E-state index contributed by atoms with van der Waals surface area (Å²) in [4.78, 5) is 3.82. The molecule has 108 valence electrons. The number of nitrogens with one attached hydrogen (secondary N) is 1. The molecule has 5 heteroatoms. The van der Waals surface area contributed by atoms with E-state index in [1.807, 2.05) is 12.1 Å². The molecular formula is C14H22Cl2N2S. The van der Waals surface area contributed by atoms with E-state index in [4.69, 9.17) is 11.6 Å². The number of halogens is 2. The van der Waals surface area contributed by atoms with Crippen molar-refractivity contribution in [2.24, 2.45) is 5.92 Å². The molecule has 0 spiro atoms. The van der Waals surface area contributed by atoms with Crippen LogP contribution in [0.3, 0.4) is 0 Å². The fraction of sp³-hybridized carbons (Fsp3) is 0.571. The maximum atomic E-state index is 5.98. The van der Waals surface area contributed by atoms with Gasteiger partial charge in [0.2, 0.25) is 0 Å². The van der Waals surface area contributed by atoms with Crippen LogP contribution in [0.2, 0.25) is 4.34 Å². The summed E-state index contributed by atoms with van der Waals surface area (Å²) in [6.07, 6.45) is 4.58. The predicted molar refractivity (Wildman–Crippen MR) is 87.6 cm³/mol. The first-order valence-electron chi connectivity index (χ1n) is 6.56. The largest absolute Gasteiger partial charge is 0.317 e. The first-order valence-corrected chi connectivity index (χ1v) is 7.75. The van der Waals surface area contributed by atoms with Crippen molar-refractivity contribution in [1.82, 2.24) is 10.2 Å². The second kappa shape index (κ2) is 8.98. The zero-order valence-corrected chi connectivity index (χ0v) is 13.5. The van der Waals surface area contributed by atoms with Gasteiger partial charge in [0.1, 0.15) is 0 Å². The number of piperidine rings is 1. The fourth-order valence-corrected chi connectivity index (χ4v) is 3.60. The third kappa shape index (κ3) is 5.84. The maximum absolute atomic E-state index is 5.98. The molecule has 1 fully saturated rings. The summed E-state index contributed by atoms with van der Waals surface area (Å²) in [6, 6.07) is 4.11. The second-order valence-corrected chi connectivity index (χ2v) is 6.68. The molecule has 0 unspecified atom stereocenters. The Labute approximate surface area is 131 Å². The van der Waals surface area contributed by atoms with Crippen molar-refractivity contribution < 1.29 is 0 Å². The van der Waals surface area contributed by atoms with Crippen LogP contribution in [-0.2, 0) is 6.54 Å². The Morgan fingerprint density at radius 2 is 2.16 bits per heavy atom. The summed E-state index contributed by atoms with van der Waals surface area (Å²) < 4.78 is 0.880. The van der Waals surface area contributed by atoms with E-state index in [9.17, 15) is 0 Å². The number of hydrogen-bond acceptors (Lipinski definition) is 3. The van der Waals surface area contributed by atoms with E-state index in [1.165, 1.54) is 24.3 Å². The zero-order chi connectivity index (χ0) is 12.8. The lowest BCUT2D eigenvalue weighted by atomic mass is 9.97. The Balaban J connectivity index is 0.00000180. The van der Waals surface area contributed by atoms with Crippen LogP contribution in [0, 0.1) is 5.92 Å². The molecule has 2 rings (SSSR count). The van der Waals surface area contributed by atoms with Gasteiger partial charge in [-0.05, 0) is 44.0 Å². The van der Waals surface area contributed by atoms with Gasteiger partial charge in [0.15, 0.2) is 0 Å². The molecule has 0 bridgehead atoms. The van der Waals surface area contributed by atoms with Gasteiger partial charge in [-0.15, -0.1) is 30.3 Å². The Kier molecular flexibility index (Phi) is 8.03. The quantitative estimate of drug-likeness (QED) is 0.802. The molecule has 0 aliphatic carbocycles. The molecule has 2 heterocycles. The van der Waals surface area contributed by atoms with Gasteiger partial charge in [-0.1, -0.05) is 17.7 Å². The molecule has 0 atom stereocenters. The highest BCUT2D eigenvalue weighted by atomic mass is 35.5. The van der Waals surface area contributed by atoms with Crippen LogP contribution in [0.1, 0.15) is 17.7 Å². The lowest BCUT2D eigenvalue weighted by Crippen LogP contribution is -2.35. The summed E-state index contributed by atoms with van der Waals surface area (Å²) >= 11 is 7.67. The number of hydrogen-bond donors (Lipinski definition) is 1. The molecule has 19 heavy (non-hydrogen) atoms. The highest BCUT2D eigenvalue weighted by Crippen LogP contribution is 2.23. The van der Waals surface area contributed by atoms with Crippen molar-refractivity contribution in [2.75, 3.05) is 26.2 Å². The van der Waals surface area contributed by atoms with Gasteiger partial charge in [-0.2, -0.15) is 0 Å². The van der Waals surface area contributed by atoms with Crippen molar-refractivity contribution >= 4 is 35.3 Å². The summed E-state index contributed by atoms with van der Waals surface area (Å²) in [5.41, 5.74) is 0. The van der Waals surface area contributed by atoms with E-state index in [1.54, 1.807) is 11.3 Å². The average Bonchev–Trinajstić information content (AvgIpc) is 2.76. The van der Waals surface area contributed by atoms with E-state index in [0.29, 0.717) is 0 Å². The lowest BCUT2D eigenvalue weighted by Gasteiger charge is -2.29. The van der Waals surface area contributed by atoms with Crippen LogP contribution >= 0.6 is 35.3 Å². The summed E-state index contributed by atoms with van der Waals surface area (Å²) in [6.45, 7) is 9.31. The van der Waals surface area contributed by atoms with Crippen LogP contribution in [0.25, 0.3) is 0 Å². The molecule has 1 aromatic rings. The average molecular weight is 321 g/mol. The minimum Gasteiger partial charge on any atom is -0.317 e. The van der Waals surface area contributed by atoms with Gasteiger partial charge in [0.05, 0.1) is 4.34 Å². The molecule has 1 aliphatic rings. The molecule has 0 saturated carbocycles. The van der Waals surface area contributed by atoms with E-state index in [0.717, 1.165) is 36.4 Å². The van der Waals surface area contributed by atoms with Gasteiger partial charge in [-0.3, -0.25) is 4.90 Å². The molecule has 1 N–H and O–H groups in total. The Bertz CT molecular complexity index is 375. The fourth-order valence-electron chi connectivity index (χ4n) is 2.47. The Morgan fingerprint density at radius 1 is 1.42 bits per heavy atom. The van der Waals surface area contributed by atoms with Crippen molar-refractivity contribution in [3.05, 3.63) is 34.0 Å². The molecule has 0 radical (unpaired) electrons. The van der Waals surface area contributed by atoms with Crippen LogP contribution in [0.4, 0.5) is 0 Å². The van der Waals surface area contributed by atoms with Gasteiger partial charge in [0.25, 0.3) is 0 Å². The van der Waals surface area contributed by atoms with Crippen LogP contribution in [0.5, 0.6) is 0 Å². The monoisotopic (exact) mass is 320 g/mol. The normalized spacial score (nSPS) is 16.3. The smallest absolute Gasteiger partial charge is 0.0931 e. The van der Waals surface area contributed by atoms with Crippen LogP contribution in [0.15, 0.2) is 24.8 Å². The van der Waals surface area contributed by atoms with Crippen LogP contribution < -0.4 is 5.32 Å². The minimum absolute atomic E-state index is 0. The van der Waals surface area contributed by atoms with E-state index < -0.39 is 0 Å². The molecule has 1 aromatic heterocycles. The first kappa shape index (κ1) is 17.0. The third-order valence-corrected chi connectivity index (χ3v) is 4.59. The summed E-state index contributed by atoms with van der Waals surface area (Å²) in [7, 11) is 0. The summed E-state index contributed by atoms with van der Waals surface area (Å²) in [5, 5.41) is 3.42. The highest BCUT2D eigenvalue weighted by Gasteiger charge is 2.16. The molecule has 0 amide bonds. The van der Waals surface area contributed by atoms with Gasteiger partial charge < -0.3 is 5.32 Å². The molecule has 1 saturated heterocycles. The maximum Gasteiger partial charge on any atom is 0.0931 e. The lowest BCUT2D eigenvalue weighted by molar-refractivity contribution is 0.217. The van der Waals surface area contributed by atoms with E-state index in [2.05, 4.69) is 22.9 Å². The summed E-state index contributed by atoms with van der Waals surface area (Å²) in [5.74, 6) is 0.821. The predicted octanol–water partition coefficient (Wildman–Crippen LogP) is 3.81. The topological polar surface area (TPSA) is 15.3 Å². The van der Waals surface area contributed by atoms with Crippen molar-refractivity contribution in [2.45, 2.75) is 19.4 Å². The standard InChI is InChI=1S/C14H21ClN2S.ClH/c1-2-9-17(10-12-5-7-16-8-6-12)11-13-3-4-14(15)18-13;/h2-4,12,16H,1,5-11H2;1H. The molecule has 0 aromatic carbocycles. The van der Waals surface area contributed by atoms with E-state index >= 15 is 0 Å². The number of thiophene rings is 1. The van der Waals surface area contributed by atoms with Gasteiger partial charge in [-0.25, -0.2) is 0 Å². The van der Waals surface area contributed by atoms with E-state index in [-0.39, 0.29) is 12.4 Å². The zero-order valence-electron chi connectivity index (χ0n) is 11.1.